The van der Waals surface area contributed by atoms with Crippen LogP contribution in [0.5, 0.6) is 0 Å². The molecule has 3 heterocycles. The van der Waals surface area contributed by atoms with E-state index < -0.39 is 0 Å². The van der Waals surface area contributed by atoms with Gasteiger partial charge in [0, 0.05) is 30.7 Å². The third-order valence-electron chi connectivity index (χ3n) is 5.14. The van der Waals surface area contributed by atoms with E-state index in [4.69, 9.17) is 4.98 Å². The number of aromatic nitrogens is 3. The Morgan fingerprint density at radius 1 is 0.786 bits per heavy atom. The topological polar surface area (TPSA) is 69.5 Å². The quantitative estimate of drug-likeness (QED) is 0.554. The summed E-state index contributed by atoms with van der Waals surface area (Å²) < 4.78 is 1.05. The Labute approximate surface area is 174 Å². The van der Waals surface area contributed by atoms with Gasteiger partial charge < -0.3 is 9.80 Å². The van der Waals surface area contributed by atoms with Gasteiger partial charge in [-0.1, -0.05) is 28.1 Å². The first-order valence-electron chi connectivity index (χ1n) is 10.1. The molecule has 1 aromatic heterocycles. The van der Waals surface area contributed by atoms with Gasteiger partial charge in [0.25, 0.3) is 0 Å². The van der Waals surface area contributed by atoms with E-state index >= 15 is 0 Å². The average molecular weight is 444 g/mol. The van der Waals surface area contributed by atoms with E-state index in [-0.39, 0.29) is 0 Å². The molecule has 0 amide bonds. The van der Waals surface area contributed by atoms with Gasteiger partial charge in [0.2, 0.25) is 17.8 Å². The zero-order chi connectivity index (χ0) is 19.2. The lowest BCUT2D eigenvalue weighted by Gasteiger charge is -2.30. The van der Waals surface area contributed by atoms with Gasteiger partial charge in [-0.25, -0.2) is 5.43 Å². The Balaban J connectivity index is 1.54. The molecule has 0 aliphatic carbocycles. The Hall–Kier alpha value is -2.22. The maximum absolute atomic E-state index is 4.79. The van der Waals surface area contributed by atoms with Crippen molar-refractivity contribution >= 4 is 40.0 Å². The molecule has 1 aromatic carbocycles. The maximum atomic E-state index is 4.79. The van der Waals surface area contributed by atoms with E-state index in [1.54, 1.807) is 6.21 Å². The van der Waals surface area contributed by atoms with Crippen LogP contribution in [0.3, 0.4) is 0 Å². The van der Waals surface area contributed by atoms with E-state index in [1.807, 2.05) is 24.3 Å². The van der Waals surface area contributed by atoms with Crippen molar-refractivity contribution in [2.75, 3.05) is 41.4 Å². The van der Waals surface area contributed by atoms with E-state index in [2.05, 4.69) is 46.2 Å². The minimum atomic E-state index is 0.504. The van der Waals surface area contributed by atoms with Crippen molar-refractivity contribution in [3.8, 4) is 0 Å². The van der Waals surface area contributed by atoms with Crippen LogP contribution < -0.4 is 15.2 Å². The average Bonchev–Trinajstić information content (AvgIpc) is 2.76. The van der Waals surface area contributed by atoms with Crippen LogP contribution in [0.1, 0.15) is 44.1 Å². The highest BCUT2D eigenvalue weighted by atomic mass is 79.9. The van der Waals surface area contributed by atoms with Crippen molar-refractivity contribution in [3.63, 3.8) is 0 Å². The van der Waals surface area contributed by atoms with Crippen LogP contribution in [-0.4, -0.2) is 47.3 Å². The molecule has 8 heteroatoms. The lowest BCUT2D eigenvalue weighted by Crippen LogP contribution is -2.34. The SMILES string of the molecule is Brc1ccc(/C=N/Nc2nc(N3CCCCC3)nc(N3CCCCC3)n2)cc1. The molecule has 0 saturated carbocycles. The molecule has 1 N–H and O–H groups in total. The van der Waals surface area contributed by atoms with Crippen molar-refractivity contribution in [2.24, 2.45) is 5.10 Å². The number of hydrogen-bond donors (Lipinski definition) is 1. The summed E-state index contributed by atoms with van der Waals surface area (Å²) >= 11 is 3.45. The molecule has 0 atom stereocenters. The number of halogens is 1. The molecule has 148 valence electrons. The fourth-order valence-corrected chi connectivity index (χ4v) is 3.85. The highest BCUT2D eigenvalue weighted by Gasteiger charge is 2.20. The molecule has 7 nitrogen and oxygen atoms in total. The molecule has 2 aliphatic heterocycles. The first-order chi connectivity index (χ1) is 13.8. The zero-order valence-corrected chi connectivity index (χ0v) is 17.6. The standard InChI is InChI=1S/C20H26BrN7/c21-17-9-7-16(8-10-17)15-22-26-18-23-19(27-11-3-1-4-12-27)25-20(24-18)28-13-5-2-6-14-28/h7-10,15H,1-6,11-14H2,(H,23,24,25,26)/b22-15+. The summed E-state index contributed by atoms with van der Waals surface area (Å²) in [7, 11) is 0. The van der Waals surface area contributed by atoms with Crippen LogP contribution in [0, 0.1) is 0 Å². The number of nitrogens with one attached hydrogen (secondary N) is 1. The van der Waals surface area contributed by atoms with E-state index in [0.29, 0.717) is 5.95 Å². The molecular weight excluding hydrogens is 418 g/mol. The Morgan fingerprint density at radius 2 is 1.32 bits per heavy atom. The summed E-state index contributed by atoms with van der Waals surface area (Å²) in [6.07, 6.45) is 9.10. The molecular formula is C20H26BrN7. The number of rotatable bonds is 5. The number of benzene rings is 1. The van der Waals surface area contributed by atoms with E-state index in [9.17, 15) is 0 Å². The predicted molar refractivity (Wildman–Crippen MR) is 117 cm³/mol. The third-order valence-corrected chi connectivity index (χ3v) is 5.67. The smallest absolute Gasteiger partial charge is 0.250 e. The van der Waals surface area contributed by atoms with Crippen LogP contribution in [0.4, 0.5) is 17.8 Å². The van der Waals surface area contributed by atoms with Gasteiger partial charge in [0.15, 0.2) is 0 Å². The lowest BCUT2D eigenvalue weighted by atomic mass is 10.1. The second-order valence-electron chi connectivity index (χ2n) is 7.28. The first-order valence-corrected chi connectivity index (χ1v) is 10.9. The maximum Gasteiger partial charge on any atom is 0.250 e. The Bertz CT molecular complexity index is 760. The fraction of sp³-hybridized carbons (Fsp3) is 0.500. The van der Waals surface area contributed by atoms with Crippen LogP contribution in [0.25, 0.3) is 0 Å². The molecule has 0 unspecified atom stereocenters. The van der Waals surface area contributed by atoms with Crippen LogP contribution in [0.15, 0.2) is 33.8 Å². The molecule has 2 fully saturated rings. The molecule has 4 rings (SSSR count). The number of piperidine rings is 2. The molecule has 0 radical (unpaired) electrons. The van der Waals surface area contributed by atoms with Gasteiger partial charge in [0.05, 0.1) is 6.21 Å². The minimum absolute atomic E-state index is 0.504. The Morgan fingerprint density at radius 3 is 1.86 bits per heavy atom. The monoisotopic (exact) mass is 443 g/mol. The van der Waals surface area contributed by atoms with Crippen molar-refractivity contribution in [1.29, 1.82) is 0 Å². The van der Waals surface area contributed by atoms with Gasteiger partial charge in [-0.05, 0) is 56.2 Å². The van der Waals surface area contributed by atoms with Gasteiger partial charge in [-0.2, -0.15) is 20.1 Å². The van der Waals surface area contributed by atoms with Crippen molar-refractivity contribution in [1.82, 2.24) is 15.0 Å². The summed E-state index contributed by atoms with van der Waals surface area (Å²) in [5, 5.41) is 4.33. The van der Waals surface area contributed by atoms with Crippen LogP contribution >= 0.6 is 15.9 Å². The summed E-state index contributed by atoms with van der Waals surface area (Å²) in [6.45, 7) is 4.02. The normalized spacial score (nSPS) is 17.9. The second-order valence-corrected chi connectivity index (χ2v) is 8.19. The third kappa shape index (κ3) is 4.98. The van der Waals surface area contributed by atoms with Crippen molar-refractivity contribution in [2.45, 2.75) is 38.5 Å². The highest BCUT2D eigenvalue weighted by Crippen LogP contribution is 2.22. The van der Waals surface area contributed by atoms with E-state index in [0.717, 1.165) is 48.1 Å². The van der Waals surface area contributed by atoms with Gasteiger partial charge in [-0.3, -0.25) is 0 Å². The highest BCUT2D eigenvalue weighted by molar-refractivity contribution is 9.10. The van der Waals surface area contributed by atoms with Crippen molar-refractivity contribution in [3.05, 3.63) is 34.3 Å². The molecule has 2 aliphatic rings. The molecule has 28 heavy (non-hydrogen) atoms. The summed E-state index contributed by atoms with van der Waals surface area (Å²) in [6, 6.07) is 7.99. The van der Waals surface area contributed by atoms with Crippen LogP contribution in [-0.2, 0) is 0 Å². The molecule has 0 bridgehead atoms. The van der Waals surface area contributed by atoms with Gasteiger partial charge in [0.1, 0.15) is 0 Å². The number of hydrazone groups is 1. The lowest BCUT2D eigenvalue weighted by molar-refractivity contribution is 0.556. The second kappa shape index (κ2) is 9.32. The van der Waals surface area contributed by atoms with Gasteiger partial charge in [-0.15, -0.1) is 0 Å². The first kappa shape index (κ1) is 19.1. The largest absolute Gasteiger partial charge is 0.341 e. The number of hydrogen-bond acceptors (Lipinski definition) is 7. The van der Waals surface area contributed by atoms with Crippen LogP contribution in [0.2, 0.25) is 0 Å². The summed E-state index contributed by atoms with van der Waals surface area (Å²) in [4.78, 5) is 18.6. The molecule has 2 saturated heterocycles. The zero-order valence-electron chi connectivity index (χ0n) is 16.0. The number of nitrogens with zero attached hydrogens (tertiary/aromatic N) is 6. The number of anilines is 3. The fourth-order valence-electron chi connectivity index (χ4n) is 3.59. The van der Waals surface area contributed by atoms with Crippen molar-refractivity contribution < 1.29 is 0 Å². The summed E-state index contributed by atoms with van der Waals surface area (Å²) in [5.41, 5.74) is 4.02. The van der Waals surface area contributed by atoms with E-state index in [1.165, 1.54) is 38.5 Å². The van der Waals surface area contributed by atoms with Gasteiger partial charge >= 0.3 is 0 Å². The minimum Gasteiger partial charge on any atom is -0.341 e. The Kier molecular flexibility index (Phi) is 6.36. The predicted octanol–water partition coefficient (Wildman–Crippen LogP) is 4.06. The molecule has 0 spiro atoms. The molecule has 2 aromatic rings. The summed E-state index contributed by atoms with van der Waals surface area (Å²) in [5.74, 6) is 2.03.